The molecular formula is C17H16ClFO2. The van der Waals surface area contributed by atoms with Crippen molar-refractivity contribution in [1.29, 1.82) is 0 Å². The van der Waals surface area contributed by atoms with Crippen molar-refractivity contribution in [3.63, 3.8) is 0 Å². The van der Waals surface area contributed by atoms with Gasteiger partial charge in [0.15, 0.2) is 0 Å². The van der Waals surface area contributed by atoms with E-state index in [1.54, 1.807) is 18.2 Å². The molecule has 0 radical (unpaired) electrons. The van der Waals surface area contributed by atoms with E-state index in [2.05, 4.69) is 0 Å². The van der Waals surface area contributed by atoms with Gasteiger partial charge in [-0.1, -0.05) is 29.8 Å². The van der Waals surface area contributed by atoms with Crippen LogP contribution in [0.3, 0.4) is 0 Å². The van der Waals surface area contributed by atoms with Crippen LogP contribution in [0, 0.1) is 18.7 Å². The molecule has 1 N–H and O–H groups in total. The summed E-state index contributed by atoms with van der Waals surface area (Å²) in [6.45, 7) is 1.86. The van der Waals surface area contributed by atoms with Crippen LogP contribution in [-0.4, -0.2) is 11.1 Å². The van der Waals surface area contributed by atoms with Crippen molar-refractivity contribution in [2.24, 2.45) is 5.92 Å². The van der Waals surface area contributed by atoms with Gasteiger partial charge in [-0.3, -0.25) is 4.79 Å². The number of carboxylic acid groups (broad SMARTS) is 1. The summed E-state index contributed by atoms with van der Waals surface area (Å²) in [5.41, 5.74) is 2.54. The Morgan fingerprint density at radius 3 is 2.48 bits per heavy atom. The molecule has 0 aliphatic heterocycles. The number of carboxylic acids is 1. The molecule has 21 heavy (non-hydrogen) atoms. The highest BCUT2D eigenvalue weighted by atomic mass is 35.5. The summed E-state index contributed by atoms with van der Waals surface area (Å²) in [4.78, 5) is 11.5. The molecule has 0 bridgehead atoms. The van der Waals surface area contributed by atoms with Gasteiger partial charge in [0.05, 0.1) is 5.92 Å². The number of rotatable bonds is 5. The fourth-order valence-corrected chi connectivity index (χ4v) is 2.40. The van der Waals surface area contributed by atoms with Crippen molar-refractivity contribution in [2.45, 2.75) is 19.8 Å². The van der Waals surface area contributed by atoms with Gasteiger partial charge in [0.1, 0.15) is 5.82 Å². The largest absolute Gasteiger partial charge is 0.481 e. The standard InChI is InChI=1S/C17H16ClFO2/c1-11-2-7-16(19)10-13(11)9-14(17(20)21)8-12-3-5-15(18)6-4-12/h2-7,10,14H,8-9H2,1H3,(H,20,21). The third-order valence-corrected chi connectivity index (χ3v) is 3.77. The van der Waals surface area contributed by atoms with Crippen molar-refractivity contribution in [1.82, 2.24) is 0 Å². The monoisotopic (exact) mass is 306 g/mol. The van der Waals surface area contributed by atoms with Crippen molar-refractivity contribution >= 4 is 17.6 Å². The Balaban J connectivity index is 2.17. The number of aryl methyl sites for hydroxylation is 1. The number of hydrogen-bond donors (Lipinski definition) is 1. The lowest BCUT2D eigenvalue weighted by atomic mass is 9.91. The molecule has 4 heteroatoms. The molecule has 2 aromatic carbocycles. The summed E-state index contributed by atoms with van der Waals surface area (Å²) in [5, 5.41) is 10.0. The molecule has 0 aromatic heterocycles. The molecule has 0 amide bonds. The van der Waals surface area contributed by atoms with Gasteiger partial charge < -0.3 is 5.11 Å². The Kier molecular flexibility index (Phi) is 4.97. The summed E-state index contributed by atoms with van der Waals surface area (Å²) in [7, 11) is 0. The maximum Gasteiger partial charge on any atom is 0.307 e. The van der Waals surface area contributed by atoms with Crippen LogP contribution in [0.1, 0.15) is 16.7 Å². The van der Waals surface area contributed by atoms with E-state index in [0.29, 0.717) is 17.9 Å². The predicted octanol–water partition coefficient (Wildman–Crippen LogP) is 4.27. The van der Waals surface area contributed by atoms with Crippen LogP contribution in [0.25, 0.3) is 0 Å². The molecule has 0 fully saturated rings. The molecule has 110 valence electrons. The first-order valence-electron chi connectivity index (χ1n) is 6.68. The topological polar surface area (TPSA) is 37.3 Å². The molecule has 0 saturated heterocycles. The van der Waals surface area contributed by atoms with Crippen LogP contribution in [0.5, 0.6) is 0 Å². The summed E-state index contributed by atoms with van der Waals surface area (Å²) >= 11 is 5.82. The van der Waals surface area contributed by atoms with Crippen LogP contribution in [0.15, 0.2) is 42.5 Å². The second kappa shape index (κ2) is 6.72. The quantitative estimate of drug-likeness (QED) is 0.895. The Labute approximate surface area is 128 Å². The molecule has 0 spiro atoms. The van der Waals surface area contributed by atoms with Gasteiger partial charge in [-0.25, -0.2) is 4.39 Å². The van der Waals surface area contributed by atoms with E-state index in [1.165, 1.54) is 12.1 Å². The average Bonchev–Trinajstić information content (AvgIpc) is 2.44. The fourth-order valence-electron chi connectivity index (χ4n) is 2.28. The van der Waals surface area contributed by atoms with Gasteiger partial charge in [-0.2, -0.15) is 0 Å². The molecule has 1 unspecified atom stereocenters. The van der Waals surface area contributed by atoms with Crippen molar-refractivity contribution < 1.29 is 14.3 Å². The smallest absolute Gasteiger partial charge is 0.307 e. The minimum atomic E-state index is -0.881. The molecule has 2 aromatic rings. The third-order valence-electron chi connectivity index (χ3n) is 3.52. The van der Waals surface area contributed by atoms with E-state index in [9.17, 15) is 14.3 Å². The maximum absolute atomic E-state index is 13.3. The van der Waals surface area contributed by atoms with Gasteiger partial charge in [-0.15, -0.1) is 0 Å². The number of benzene rings is 2. The van der Waals surface area contributed by atoms with Gasteiger partial charge >= 0.3 is 5.97 Å². The van der Waals surface area contributed by atoms with Crippen LogP contribution in [0.4, 0.5) is 4.39 Å². The van der Waals surface area contributed by atoms with Crippen LogP contribution >= 0.6 is 11.6 Å². The fraction of sp³-hybridized carbons (Fsp3) is 0.235. The van der Waals surface area contributed by atoms with Crippen molar-refractivity contribution in [3.8, 4) is 0 Å². The zero-order valence-corrected chi connectivity index (χ0v) is 12.4. The van der Waals surface area contributed by atoms with Crippen LogP contribution in [0.2, 0.25) is 5.02 Å². The zero-order valence-electron chi connectivity index (χ0n) is 11.6. The minimum absolute atomic E-state index is 0.307. The molecule has 2 rings (SSSR count). The SMILES string of the molecule is Cc1ccc(F)cc1CC(Cc1ccc(Cl)cc1)C(=O)O. The highest BCUT2D eigenvalue weighted by Crippen LogP contribution is 2.20. The molecule has 0 aliphatic carbocycles. The summed E-state index contributed by atoms with van der Waals surface area (Å²) in [5.74, 6) is -1.81. The predicted molar refractivity (Wildman–Crippen MR) is 81.1 cm³/mol. The summed E-state index contributed by atoms with van der Waals surface area (Å²) in [6, 6.07) is 11.6. The molecule has 1 atom stereocenters. The van der Waals surface area contributed by atoms with Gasteiger partial charge in [0.25, 0.3) is 0 Å². The Morgan fingerprint density at radius 1 is 1.19 bits per heavy atom. The third kappa shape index (κ3) is 4.30. The second-order valence-electron chi connectivity index (χ2n) is 5.14. The van der Waals surface area contributed by atoms with Crippen molar-refractivity contribution in [3.05, 3.63) is 70.0 Å². The van der Waals surface area contributed by atoms with E-state index in [1.807, 2.05) is 19.1 Å². The lowest BCUT2D eigenvalue weighted by Gasteiger charge is -2.14. The lowest BCUT2D eigenvalue weighted by molar-refractivity contribution is -0.141. The molecule has 0 heterocycles. The number of aliphatic carboxylic acids is 1. The Bertz CT molecular complexity index is 638. The van der Waals surface area contributed by atoms with Crippen molar-refractivity contribution in [2.75, 3.05) is 0 Å². The normalized spacial score (nSPS) is 12.1. The molecule has 0 aliphatic rings. The number of hydrogen-bond acceptors (Lipinski definition) is 1. The Hall–Kier alpha value is -1.87. The first-order chi connectivity index (χ1) is 9.95. The van der Waals surface area contributed by atoms with E-state index in [4.69, 9.17) is 11.6 Å². The minimum Gasteiger partial charge on any atom is -0.481 e. The average molecular weight is 307 g/mol. The lowest BCUT2D eigenvalue weighted by Crippen LogP contribution is -2.19. The van der Waals surface area contributed by atoms with Crippen LogP contribution < -0.4 is 0 Å². The maximum atomic E-state index is 13.3. The Morgan fingerprint density at radius 2 is 1.86 bits per heavy atom. The number of halogens is 2. The van der Waals surface area contributed by atoms with Crippen LogP contribution in [-0.2, 0) is 17.6 Å². The van der Waals surface area contributed by atoms with E-state index in [-0.39, 0.29) is 5.82 Å². The van der Waals surface area contributed by atoms with Gasteiger partial charge in [0, 0.05) is 5.02 Å². The second-order valence-corrected chi connectivity index (χ2v) is 5.58. The molecule has 0 saturated carbocycles. The first kappa shape index (κ1) is 15.5. The number of carbonyl (C=O) groups is 1. The zero-order chi connectivity index (χ0) is 15.4. The summed E-state index contributed by atoms with van der Waals surface area (Å²) in [6.07, 6.45) is 0.698. The molecule has 2 nitrogen and oxygen atoms in total. The van der Waals surface area contributed by atoms with E-state index >= 15 is 0 Å². The van der Waals surface area contributed by atoms with E-state index < -0.39 is 11.9 Å². The summed E-state index contributed by atoms with van der Waals surface area (Å²) < 4.78 is 13.3. The first-order valence-corrected chi connectivity index (χ1v) is 7.06. The highest BCUT2D eigenvalue weighted by Gasteiger charge is 2.19. The highest BCUT2D eigenvalue weighted by molar-refractivity contribution is 6.30. The van der Waals surface area contributed by atoms with Gasteiger partial charge in [-0.05, 0) is 60.7 Å². The molecular weight excluding hydrogens is 291 g/mol. The van der Waals surface area contributed by atoms with Gasteiger partial charge in [0.2, 0.25) is 0 Å². The van der Waals surface area contributed by atoms with E-state index in [0.717, 1.165) is 16.7 Å².